The Balaban J connectivity index is 1.62. The third kappa shape index (κ3) is 2.96. The number of anilines is 1. The Kier molecular flexibility index (Phi) is 4.26. The Morgan fingerprint density at radius 3 is 2.61 bits per heavy atom. The second-order valence-corrected chi connectivity index (χ2v) is 6.52. The molecular formula is C19H19N7O2. The van der Waals surface area contributed by atoms with E-state index in [4.69, 9.17) is 0 Å². The predicted molar refractivity (Wildman–Crippen MR) is 104 cm³/mol. The Morgan fingerprint density at radius 1 is 1.18 bits per heavy atom. The minimum absolute atomic E-state index is 0.147. The molecule has 4 rings (SSSR count). The van der Waals surface area contributed by atoms with Crippen LogP contribution in [0.4, 0.5) is 5.69 Å². The number of fused-ring (bicyclic) bond motifs is 1. The summed E-state index contributed by atoms with van der Waals surface area (Å²) in [6.45, 7) is 3.54. The molecule has 9 heteroatoms. The molecule has 0 aliphatic carbocycles. The van der Waals surface area contributed by atoms with Crippen LogP contribution in [-0.4, -0.2) is 35.0 Å². The van der Waals surface area contributed by atoms with E-state index in [1.807, 2.05) is 51.2 Å². The van der Waals surface area contributed by atoms with Gasteiger partial charge >= 0.3 is 0 Å². The molecule has 0 saturated carbocycles. The average Bonchev–Trinajstić information content (AvgIpc) is 3.22. The zero-order chi connectivity index (χ0) is 19.8. The highest BCUT2D eigenvalue weighted by Gasteiger charge is 2.15. The van der Waals surface area contributed by atoms with Crippen molar-refractivity contribution in [1.82, 2.24) is 29.1 Å². The van der Waals surface area contributed by atoms with E-state index < -0.39 is 0 Å². The zero-order valence-electron chi connectivity index (χ0n) is 15.7. The predicted octanol–water partition coefficient (Wildman–Crippen LogP) is 1.57. The number of carbonyl (C=O) groups is 1. The van der Waals surface area contributed by atoms with Gasteiger partial charge in [-0.15, -0.1) is 0 Å². The summed E-state index contributed by atoms with van der Waals surface area (Å²) in [5.41, 5.74) is 3.16. The molecule has 0 atom stereocenters. The molecule has 0 aliphatic rings. The zero-order valence-corrected chi connectivity index (χ0v) is 15.7. The van der Waals surface area contributed by atoms with Gasteiger partial charge in [-0.2, -0.15) is 10.2 Å². The van der Waals surface area contributed by atoms with Gasteiger partial charge in [-0.25, -0.2) is 9.67 Å². The second-order valence-electron chi connectivity index (χ2n) is 6.52. The fourth-order valence-corrected chi connectivity index (χ4v) is 3.11. The molecule has 0 spiro atoms. The molecular weight excluding hydrogens is 358 g/mol. The molecule has 1 amide bonds. The summed E-state index contributed by atoms with van der Waals surface area (Å²) in [5, 5.41) is 11.7. The number of hydrogen-bond donors (Lipinski definition) is 1. The first kappa shape index (κ1) is 17.7. The van der Waals surface area contributed by atoms with Crippen LogP contribution in [0, 0.1) is 13.8 Å². The first-order valence-electron chi connectivity index (χ1n) is 8.74. The molecule has 28 heavy (non-hydrogen) atoms. The van der Waals surface area contributed by atoms with Gasteiger partial charge in [0.15, 0.2) is 5.65 Å². The lowest BCUT2D eigenvalue weighted by molar-refractivity contribution is -0.116. The van der Waals surface area contributed by atoms with Crippen molar-refractivity contribution < 1.29 is 4.79 Å². The van der Waals surface area contributed by atoms with Crippen molar-refractivity contribution in [3.63, 3.8) is 0 Å². The van der Waals surface area contributed by atoms with Crippen molar-refractivity contribution in [3.8, 4) is 5.69 Å². The second kappa shape index (κ2) is 6.76. The topological polar surface area (TPSA) is 99.6 Å². The lowest BCUT2D eigenvalue weighted by Gasteiger charge is -2.08. The van der Waals surface area contributed by atoms with E-state index in [0.29, 0.717) is 16.7 Å². The van der Waals surface area contributed by atoms with Crippen LogP contribution in [-0.2, 0) is 18.4 Å². The van der Waals surface area contributed by atoms with Gasteiger partial charge in [0.05, 0.1) is 29.0 Å². The normalized spacial score (nSPS) is 11.1. The minimum Gasteiger partial charge on any atom is -0.321 e. The maximum Gasteiger partial charge on any atom is 0.264 e. The van der Waals surface area contributed by atoms with Crippen molar-refractivity contribution in [3.05, 3.63) is 64.6 Å². The smallest absolute Gasteiger partial charge is 0.264 e. The molecule has 1 N–H and O–H groups in total. The quantitative estimate of drug-likeness (QED) is 0.582. The van der Waals surface area contributed by atoms with Gasteiger partial charge in [0.1, 0.15) is 18.3 Å². The number of carbonyl (C=O) groups excluding carboxylic acids is 1. The van der Waals surface area contributed by atoms with Crippen LogP contribution in [0.1, 0.15) is 11.4 Å². The van der Waals surface area contributed by atoms with Gasteiger partial charge in [-0.1, -0.05) is 18.2 Å². The summed E-state index contributed by atoms with van der Waals surface area (Å²) in [6, 6.07) is 9.44. The maximum absolute atomic E-state index is 12.8. The number of para-hydroxylation sites is 1. The summed E-state index contributed by atoms with van der Waals surface area (Å²) in [7, 11) is 1.81. The van der Waals surface area contributed by atoms with Crippen molar-refractivity contribution in [2.24, 2.45) is 7.05 Å². The van der Waals surface area contributed by atoms with Crippen LogP contribution in [0.5, 0.6) is 0 Å². The Hall–Kier alpha value is -3.75. The molecule has 0 unspecified atom stereocenters. The number of aromatic nitrogens is 6. The molecule has 3 heterocycles. The highest BCUT2D eigenvalue weighted by Crippen LogP contribution is 2.18. The first-order valence-corrected chi connectivity index (χ1v) is 8.74. The highest BCUT2D eigenvalue weighted by molar-refractivity contribution is 5.91. The first-order chi connectivity index (χ1) is 13.5. The molecule has 0 radical (unpaired) electrons. The minimum atomic E-state index is -0.321. The van der Waals surface area contributed by atoms with Gasteiger partial charge in [-0.3, -0.25) is 18.8 Å². The molecule has 0 aliphatic heterocycles. The lowest BCUT2D eigenvalue weighted by Crippen LogP contribution is -2.28. The van der Waals surface area contributed by atoms with Crippen LogP contribution in [0.2, 0.25) is 0 Å². The number of nitrogens with zero attached hydrogens (tertiary/aromatic N) is 6. The summed E-state index contributed by atoms with van der Waals surface area (Å²) >= 11 is 0. The third-order valence-electron chi connectivity index (χ3n) is 4.64. The number of aryl methyl sites for hydroxylation is 2. The molecule has 4 aromatic rings. The van der Waals surface area contributed by atoms with Gasteiger partial charge in [0.2, 0.25) is 5.91 Å². The van der Waals surface area contributed by atoms with Gasteiger partial charge < -0.3 is 5.32 Å². The van der Waals surface area contributed by atoms with E-state index in [1.54, 1.807) is 9.36 Å². The molecule has 1 aromatic carbocycles. The largest absolute Gasteiger partial charge is 0.321 e. The number of nitrogens with one attached hydrogen (secondary N) is 1. The van der Waals surface area contributed by atoms with Gasteiger partial charge in [-0.05, 0) is 26.0 Å². The van der Waals surface area contributed by atoms with Gasteiger partial charge in [0, 0.05) is 7.05 Å². The maximum atomic E-state index is 12.8. The van der Waals surface area contributed by atoms with Crippen molar-refractivity contribution >= 4 is 22.6 Å². The van der Waals surface area contributed by atoms with E-state index in [-0.39, 0.29) is 18.0 Å². The fraction of sp³-hybridized carbons (Fsp3) is 0.211. The standard InChI is InChI=1S/C19H19N7O2/c1-12-17(13(2)24(3)23-12)22-16(27)10-25-11-20-18-15(19(25)28)9-21-26(18)14-7-5-4-6-8-14/h4-9,11H,10H2,1-3H3,(H,22,27). The van der Waals surface area contributed by atoms with E-state index >= 15 is 0 Å². The summed E-state index contributed by atoms with van der Waals surface area (Å²) in [4.78, 5) is 29.6. The fourth-order valence-electron chi connectivity index (χ4n) is 3.11. The van der Waals surface area contributed by atoms with Crippen molar-refractivity contribution in [1.29, 1.82) is 0 Å². The summed E-state index contributed by atoms with van der Waals surface area (Å²) in [5.74, 6) is -0.321. The van der Waals surface area contributed by atoms with Gasteiger partial charge in [0.25, 0.3) is 5.56 Å². The van der Waals surface area contributed by atoms with Crippen LogP contribution in [0.25, 0.3) is 16.7 Å². The lowest BCUT2D eigenvalue weighted by atomic mass is 10.3. The molecule has 0 fully saturated rings. The van der Waals surface area contributed by atoms with Crippen LogP contribution < -0.4 is 10.9 Å². The third-order valence-corrected chi connectivity index (χ3v) is 4.64. The summed E-state index contributed by atoms with van der Waals surface area (Å²) < 4.78 is 4.57. The van der Waals surface area contributed by atoms with Crippen LogP contribution in [0.15, 0.2) is 47.7 Å². The Bertz CT molecular complexity index is 1230. The van der Waals surface area contributed by atoms with E-state index in [2.05, 4.69) is 20.5 Å². The van der Waals surface area contributed by atoms with E-state index in [0.717, 1.165) is 17.1 Å². The number of rotatable bonds is 4. The number of hydrogen-bond acceptors (Lipinski definition) is 5. The molecule has 0 saturated heterocycles. The molecule has 3 aromatic heterocycles. The monoisotopic (exact) mass is 377 g/mol. The van der Waals surface area contributed by atoms with Crippen LogP contribution >= 0.6 is 0 Å². The van der Waals surface area contributed by atoms with E-state index in [1.165, 1.54) is 17.1 Å². The molecule has 9 nitrogen and oxygen atoms in total. The number of amides is 1. The van der Waals surface area contributed by atoms with E-state index in [9.17, 15) is 9.59 Å². The Morgan fingerprint density at radius 2 is 1.93 bits per heavy atom. The van der Waals surface area contributed by atoms with Crippen LogP contribution in [0.3, 0.4) is 0 Å². The Labute approximate surface area is 160 Å². The average molecular weight is 377 g/mol. The highest BCUT2D eigenvalue weighted by atomic mass is 16.2. The van der Waals surface area contributed by atoms with Crippen molar-refractivity contribution in [2.45, 2.75) is 20.4 Å². The molecule has 142 valence electrons. The number of benzene rings is 1. The SMILES string of the molecule is Cc1nn(C)c(C)c1NC(=O)Cn1cnc2c(cnn2-c2ccccc2)c1=O. The molecule has 0 bridgehead atoms. The van der Waals surface area contributed by atoms with Crippen molar-refractivity contribution in [2.75, 3.05) is 5.32 Å². The summed E-state index contributed by atoms with van der Waals surface area (Å²) in [6.07, 6.45) is 2.84.